The molecule has 0 aromatic carbocycles. The standard InChI is InChI=1S/C12H20N4O2/c1-8-10(16(17)18)11(13)15(14-8)9-6-4-5-7-12(9,2)3/h9H,4-7,13H2,1-3H3. The van der Waals surface area contributed by atoms with Gasteiger partial charge in [0.1, 0.15) is 5.69 Å². The zero-order valence-electron chi connectivity index (χ0n) is 11.1. The van der Waals surface area contributed by atoms with Crippen molar-refractivity contribution in [1.29, 1.82) is 0 Å². The van der Waals surface area contributed by atoms with Crippen molar-refractivity contribution in [3.05, 3.63) is 15.8 Å². The van der Waals surface area contributed by atoms with Crippen LogP contribution in [0.4, 0.5) is 11.5 Å². The highest BCUT2D eigenvalue weighted by molar-refractivity contribution is 5.56. The fourth-order valence-corrected chi connectivity index (χ4v) is 2.95. The third-order valence-corrected chi connectivity index (χ3v) is 4.02. The third kappa shape index (κ3) is 1.95. The molecule has 0 spiro atoms. The predicted molar refractivity (Wildman–Crippen MR) is 69.3 cm³/mol. The summed E-state index contributed by atoms with van der Waals surface area (Å²) in [4.78, 5) is 10.5. The summed E-state index contributed by atoms with van der Waals surface area (Å²) in [7, 11) is 0. The molecule has 1 saturated carbocycles. The minimum Gasteiger partial charge on any atom is -0.378 e. The van der Waals surface area contributed by atoms with Gasteiger partial charge in [-0.2, -0.15) is 5.10 Å². The molecule has 0 aliphatic heterocycles. The van der Waals surface area contributed by atoms with E-state index in [1.165, 1.54) is 6.42 Å². The number of nitrogens with zero attached hydrogens (tertiary/aromatic N) is 3. The first-order chi connectivity index (χ1) is 8.34. The van der Waals surface area contributed by atoms with Crippen LogP contribution >= 0.6 is 0 Å². The summed E-state index contributed by atoms with van der Waals surface area (Å²) < 4.78 is 1.67. The summed E-state index contributed by atoms with van der Waals surface area (Å²) in [5.74, 6) is 0.192. The van der Waals surface area contributed by atoms with Crippen molar-refractivity contribution in [3.8, 4) is 0 Å². The van der Waals surface area contributed by atoms with E-state index in [-0.39, 0.29) is 23.0 Å². The van der Waals surface area contributed by atoms with Crippen LogP contribution in [0.2, 0.25) is 0 Å². The molecule has 1 fully saturated rings. The van der Waals surface area contributed by atoms with E-state index in [2.05, 4.69) is 18.9 Å². The van der Waals surface area contributed by atoms with Crippen molar-refractivity contribution in [1.82, 2.24) is 9.78 Å². The van der Waals surface area contributed by atoms with E-state index in [0.29, 0.717) is 5.69 Å². The van der Waals surface area contributed by atoms with Gasteiger partial charge in [0.05, 0.1) is 11.0 Å². The second-order valence-corrected chi connectivity index (χ2v) is 5.77. The minimum absolute atomic E-state index is 0.0450. The van der Waals surface area contributed by atoms with Gasteiger partial charge in [-0.25, -0.2) is 4.68 Å². The molecule has 1 heterocycles. The van der Waals surface area contributed by atoms with Gasteiger partial charge in [0.2, 0.25) is 5.82 Å². The topological polar surface area (TPSA) is 87.0 Å². The molecule has 1 unspecified atom stereocenters. The molecule has 0 bridgehead atoms. The van der Waals surface area contributed by atoms with Crippen LogP contribution in [0, 0.1) is 22.5 Å². The molecule has 1 aliphatic rings. The van der Waals surface area contributed by atoms with Gasteiger partial charge in [0.25, 0.3) is 0 Å². The number of anilines is 1. The maximum Gasteiger partial charge on any atom is 0.333 e. The molecule has 1 aliphatic carbocycles. The average Bonchev–Trinajstić information content (AvgIpc) is 2.53. The highest BCUT2D eigenvalue weighted by atomic mass is 16.6. The Kier molecular flexibility index (Phi) is 3.04. The molecule has 0 radical (unpaired) electrons. The molecule has 0 amide bonds. The number of nitrogen functional groups attached to an aromatic ring is 1. The van der Waals surface area contributed by atoms with Gasteiger partial charge in [-0.05, 0) is 25.2 Å². The van der Waals surface area contributed by atoms with Gasteiger partial charge in [-0.15, -0.1) is 0 Å². The second kappa shape index (κ2) is 4.26. The summed E-state index contributed by atoms with van der Waals surface area (Å²) in [5, 5.41) is 15.3. The molecule has 2 N–H and O–H groups in total. The lowest BCUT2D eigenvalue weighted by molar-refractivity contribution is -0.384. The smallest absolute Gasteiger partial charge is 0.333 e. The summed E-state index contributed by atoms with van der Waals surface area (Å²) in [6.07, 6.45) is 4.41. The van der Waals surface area contributed by atoms with Crippen LogP contribution in [0.1, 0.15) is 51.3 Å². The van der Waals surface area contributed by atoms with E-state index < -0.39 is 4.92 Å². The second-order valence-electron chi connectivity index (χ2n) is 5.77. The highest BCUT2D eigenvalue weighted by Crippen LogP contribution is 2.45. The van der Waals surface area contributed by atoms with Gasteiger partial charge in [0.15, 0.2) is 0 Å². The Morgan fingerprint density at radius 2 is 2.17 bits per heavy atom. The number of nitrogens with two attached hydrogens (primary N) is 1. The molecular formula is C12H20N4O2. The average molecular weight is 252 g/mol. The van der Waals surface area contributed by atoms with Crippen molar-refractivity contribution in [2.75, 3.05) is 5.73 Å². The Hall–Kier alpha value is -1.59. The van der Waals surface area contributed by atoms with Gasteiger partial charge in [0, 0.05) is 0 Å². The summed E-state index contributed by atoms with van der Waals surface area (Å²) in [6, 6.07) is 0.152. The molecule has 1 atom stereocenters. The van der Waals surface area contributed by atoms with Crippen LogP contribution < -0.4 is 5.73 Å². The Morgan fingerprint density at radius 1 is 1.50 bits per heavy atom. The number of rotatable bonds is 2. The number of aryl methyl sites for hydroxylation is 1. The molecule has 6 heteroatoms. The number of aromatic nitrogens is 2. The molecule has 6 nitrogen and oxygen atoms in total. The zero-order valence-corrected chi connectivity index (χ0v) is 11.1. The van der Waals surface area contributed by atoms with Crippen molar-refractivity contribution < 1.29 is 4.92 Å². The van der Waals surface area contributed by atoms with Crippen LogP contribution in [0.25, 0.3) is 0 Å². The zero-order chi connectivity index (χ0) is 13.5. The fraction of sp³-hybridized carbons (Fsp3) is 0.750. The number of hydrogen-bond acceptors (Lipinski definition) is 4. The normalized spacial score (nSPS) is 22.9. The van der Waals surface area contributed by atoms with Crippen LogP contribution in [-0.2, 0) is 0 Å². The van der Waals surface area contributed by atoms with Gasteiger partial charge < -0.3 is 5.73 Å². The van der Waals surface area contributed by atoms with E-state index >= 15 is 0 Å². The maximum atomic E-state index is 11.0. The van der Waals surface area contributed by atoms with Crippen LogP contribution in [0.3, 0.4) is 0 Å². The Bertz CT molecular complexity index is 479. The van der Waals surface area contributed by atoms with E-state index in [4.69, 9.17) is 5.73 Å². The lowest BCUT2D eigenvalue weighted by atomic mass is 9.73. The molecule has 2 rings (SSSR count). The Labute approximate surface area is 106 Å². The highest BCUT2D eigenvalue weighted by Gasteiger charge is 2.37. The van der Waals surface area contributed by atoms with Gasteiger partial charge in [-0.3, -0.25) is 10.1 Å². The summed E-state index contributed by atoms with van der Waals surface area (Å²) in [5.41, 5.74) is 6.35. The first-order valence-corrected chi connectivity index (χ1v) is 6.33. The van der Waals surface area contributed by atoms with E-state index in [9.17, 15) is 10.1 Å². The van der Waals surface area contributed by atoms with E-state index in [1.807, 2.05) is 0 Å². The van der Waals surface area contributed by atoms with Crippen molar-refractivity contribution >= 4 is 11.5 Å². The van der Waals surface area contributed by atoms with Crippen molar-refractivity contribution in [3.63, 3.8) is 0 Å². The largest absolute Gasteiger partial charge is 0.378 e. The molecular weight excluding hydrogens is 232 g/mol. The van der Waals surface area contributed by atoms with Crippen LogP contribution in [0.15, 0.2) is 0 Å². The third-order valence-electron chi connectivity index (χ3n) is 4.02. The minimum atomic E-state index is -0.440. The lowest BCUT2D eigenvalue weighted by Crippen LogP contribution is -2.31. The SMILES string of the molecule is Cc1nn(C2CCCCC2(C)C)c(N)c1[N+](=O)[O-]. The van der Waals surface area contributed by atoms with E-state index in [0.717, 1.165) is 19.3 Å². The Morgan fingerprint density at radius 3 is 2.67 bits per heavy atom. The molecule has 18 heavy (non-hydrogen) atoms. The first kappa shape index (κ1) is 12.9. The fourth-order valence-electron chi connectivity index (χ4n) is 2.95. The number of nitro groups is 1. The van der Waals surface area contributed by atoms with Crippen molar-refractivity contribution in [2.45, 2.75) is 52.5 Å². The molecule has 1 aromatic heterocycles. The van der Waals surface area contributed by atoms with Crippen molar-refractivity contribution in [2.24, 2.45) is 5.41 Å². The van der Waals surface area contributed by atoms with Crippen LogP contribution in [0.5, 0.6) is 0 Å². The predicted octanol–water partition coefficient (Wildman–Crippen LogP) is 2.82. The summed E-state index contributed by atoms with van der Waals surface area (Å²) in [6.45, 7) is 6.00. The van der Waals surface area contributed by atoms with Gasteiger partial charge in [-0.1, -0.05) is 26.7 Å². The number of hydrogen-bond donors (Lipinski definition) is 1. The quantitative estimate of drug-likeness (QED) is 0.647. The van der Waals surface area contributed by atoms with E-state index in [1.54, 1.807) is 11.6 Å². The maximum absolute atomic E-state index is 11.0. The lowest BCUT2D eigenvalue weighted by Gasteiger charge is -2.38. The van der Waals surface area contributed by atoms with Gasteiger partial charge >= 0.3 is 5.69 Å². The van der Waals surface area contributed by atoms with Crippen LogP contribution in [-0.4, -0.2) is 14.7 Å². The summed E-state index contributed by atoms with van der Waals surface area (Å²) >= 11 is 0. The first-order valence-electron chi connectivity index (χ1n) is 6.33. The monoisotopic (exact) mass is 252 g/mol. The molecule has 0 saturated heterocycles. The molecule has 1 aromatic rings. The molecule has 100 valence electrons. The Balaban J connectivity index is 2.45.